The molecule has 2 rings (SSSR count). The van der Waals surface area contributed by atoms with Gasteiger partial charge in [-0.25, -0.2) is 13.6 Å². The van der Waals surface area contributed by atoms with Crippen LogP contribution >= 0.6 is 0 Å². The zero-order chi connectivity index (χ0) is 15.8. The van der Waals surface area contributed by atoms with Crippen LogP contribution in [-0.4, -0.2) is 34.8 Å². The van der Waals surface area contributed by atoms with Gasteiger partial charge >= 0.3 is 6.03 Å². The summed E-state index contributed by atoms with van der Waals surface area (Å²) < 4.78 is 26.0. The maximum Gasteiger partial charge on any atom is 0.325 e. The van der Waals surface area contributed by atoms with Gasteiger partial charge in [0.05, 0.1) is 0 Å². The van der Waals surface area contributed by atoms with Gasteiger partial charge in [-0.05, 0) is 26.0 Å². The predicted molar refractivity (Wildman–Crippen MR) is 69.3 cm³/mol. The highest BCUT2D eigenvalue weighted by atomic mass is 19.1. The topological polar surface area (TPSA) is 78.5 Å². The lowest BCUT2D eigenvalue weighted by molar-refractivity contribution is -0.132. The van der Waals surface area contributed by atoms with E-state index in [4.69, 9.17) is 0 Å². The molecule has 0 spiro atoms. The van der Waals surface area contributed by atoms with Crippen LogP contribution < -0.4 is 10.6 Å². The number of hydrogen-bond acceptors (Lipinski definition) is 3. The molecule has 1 aliphatic rings. The Kier molecular flexibility index (Phi) is 3.63. The molecule has 0 unspecified atom stereocenters. The summed E-state index contributed by atoms with van der Waals surface area (Å²) >= 11 is 0. The molecule has 0 atom stereocenters. The van der Waals surface area contributed by atoms with E-state index in [9.17, 15) is 23.2 Å². The monoisotopic (exact) mass is 297 g/mol. The lowest BCUT2D eigenvalue weighted by Gasteiger charge is -2.15. The molecule has 2 N–H and O–H groups in total. The molecule has 1 fully saturated rings. The summed E-state index contributed by atoms with van der Waals surface area (Å²) in [6, 6.07) is 1.83. The van der Waals surface area contributed by atoms with Gasteiger partial charge in [0.1, 0.15) is 23.7 Å². The fourth-order valence-corrected chi connectivity index (χ4v) is 1.93. The molecular weight excluding hydrogens is 284 g/mol. The number of carbonyl (C=O) groups is 3. The maximum atomic E-state index is 13.0. The number of hydrogen-bond donors (Lipinski definition) is 2. The maximum absolute atomic E-state index is 13.0. The number of urea groups is 1. The Balaban J connectivity index is 2.05. The second-order valence-corrected chi connectivity index (χ2v) is 5.15. The summed E-state index contributed by atoms with van der Waals surface area (Å²) in [7, 11) is 0. The van der Waals surface area contributed by atoms with Gasteiger partial charge in [-0.2, -0.15) is 0 Å². The average molecular weight is 297 g/mol. The third-order valence-corrected chi connectivity index (χ3v) is 2.89. The van der Waals surface area contributed by atoms with Crippen molar-refractivity contribution >= 4 is 23.5 Å². The van der Waals surface area contributed by atoms with Crippen LogP contribution in [0.4, 0.5) is 19.3 Å². The number of benzene rings is 1. The van der Waals surface area contributed by atoms with Gasteiger partial charge in [0.15, 0.2) is 0 Å². The number of nitrogens with zero attached hydrogens (tertiary/aromatic N) is 1. The van der Waals surface area contributed by atoms with Crippen LogP contribution in [0.2, 0.25) is 0 Å². The van der Waals surface area contributed by atoms with Gasteiger partial charge in [-0.1, -0.05) is 0 Å². The fraction of sp³-hybridized carbons (Fsp3) is 0.308. The first kappa shape index (κ1) is 14.9. The van der Waals surface area contributed by atoms with Crippen molar-refractivity contribution in [3.63, 3.8) is 0 Å². The van der Waals surface area contributed by atoms with Gasteiger partial charge in [-0.15, -0.1) is 0 Å². The molecule has 1 aliphatic heterocycles. The highest BCUT2D eigenvalue weighted by molar-refractivity contribution is 6.09. The molecule has 0 saturated carbocycles. The van der Waals surface area contributed by atoms with Crippen molar-refractivity contribution in [2.75, 3.05) is 11.9 Å². The second-order valence-electron chi connectivity index (χ2n) is 5.15. The van der Waals surface area contributed by atoms with E-state index in [1.807, 2.05) is 0 Å². The Hall–Kier alpha value is -2.51. The predicted octanol–water partition coefficient (Wildman–Crippen LogP) is 1.23. The quantitative estimate of drug-likeness (QED) is 0.824. The Morgan fingerprint density at radius 1 is 1.24 bits per heavy atom. The molecular formula is C13H13F2N3O3. The zero-order valence-corrected chi connectivity index (χ0v) is 11.4. The number of halogens is 2. The van der Waals surface area contributed by atoms with Crippen LogP contribution in [-0.2, 0) is 9.59 Å². The molecule has 1 saturated heterocycles. The normalized spacial score (nSPS) is 16.9. The standard InChI is InChI=1S/C13H13F2N3O3/c1-13(2)11(20)18(12(21)17-13)6-10(19)16-9-4-7(14)3-8(15)5-9/h3-5H,6H2,1-2H3,(H,16,19)(H,17,21). The summed E-state index contributed by atoms with van der Waals surface area (Å²) in [5.41, 5.74) is -1.17. The first-order valence-corrected chi connectivity index (χ1v) is 6.09. The number of anilines is 1. The van der Waals surface area contributed by atoms with E-state index < -0.39 is 41.6 Å². The highest BCUT2D eigenvalue weighted by Gasteiger charge is 2.44. The average Bonchev–Trinajstić information content (AvgIpc) is 2.50. The molecule has 1 aromatic rings. The van der Waals surface area contributed by atoms with E-state index in [0.29, 0.717) is 6.07 Å². The molecule has 0 aliphatic carbocycles. The van der Waals surface area contributed by atoms with Crippen molar-refractivity contribution in [1.29, 1.82) is 0 Å². The van der Waals surface area contributed by atoms with Crippen LogP contribution in [0.25, 0.3) is 0 Å². The van der Waals surface area contributed by atoms with Gasteiger partial charge in [0, 0.05) is 11.8 Å². The van der Waals surface area contributed by atoms with Crippen LogP contribution in [0.1, 0.15) is 13.8 Å². The van der Waals surface area contributed by atoms with E-state index in [1.54, 1.807) is 0 Å². The molecule has 0 bridgehead atoms. The van der Waals surface area contributed by atoms with Crippen molar-refractivity contribution in [2.45, 2.75) is 19.4 Å². The summed E-state index contributed by atoms with van der Waals surface area (Å²) in [5, 5.41) is 4.64. The molecule has 0 radical (unpaired) electrons. The second kappa shape index (κ2) is 5.12. The van der Waals surface area contributed by atoms with Crippen LogP contribution in [0.5, 0.6) is 0 Å². The molecule has 1 aromatic carbocycles. The van der Waals surface area contributed by atoms with Gasteiger partial charge in [0.2, 0.25) is 5.91 Å². The van der Waals surface area contributed by atoms with E-state index >= 15 is 0 Å². The minimum atomic E-state index is -1.08. The van der Waals surface area contributed by atoms with Crippen molar-refractivity contribution < 1.29 is 23.2 Å². The van der Waals surface area contributed by atoms with Gasteiger partial charge in [0.25, 0.3) is 5.91 Å². The molecule has 8 heteroatoms. The smallest absolute Gasteiger partial charge is 0.324 e. The third-order valence-electron chi connectivity index (χ3n) is 2.89. The summed E-state index contributed by atoms with van der Waals surface area (Å²) in [4.78, 5) is 36.0. The minimum Gasteiger partial charge on any atom is -0.324 e. The molecule has 1 heterocycles. The Morgan fingerprint density at radius 3 is 2.29 bits per heavy atom. The zero-order valence-electron chi connectivity index (χ0n) is 11.4. The summed E-state index contributed by atoms with van der Waals surface area (Å²) in [6.45, 7) is 2.48. The van der Waals surface area contributed by atoms with Crippen LogP contribution in [0, 0.1) is 11.6 Å². The Labute approximate surface area is 119 Å². The number of nitrogens with one attached hydrogen (secondary N) is 2. The highest BCUT2D eigenvalue weighted by Crippen LogP contribution is 2.17. The van der Waals surface area contributed by atoms with E-state index in [2.05, 4.69) is 10.6 Å². The molecule has 6 nitrogen and oxygen atoms in total. The third kappa shape index (κ3) is 3.15. The van der Waals surface area contributed by atoms with Crippen molar-refractivity contribution in [3.8, 4) is 0 Å². The summed E-state index contributed by atoms with van der Waals surface area (Å²) in [5.74, 6) is -2.97. The molecule has 0 aromatic heterocycles. The fourth-order valence-electron chi connectivity index (χ4n) is 1.93. The molecule has 4 amide bonds. The Bertz CT molecular complexity index is 611. The minimum absolute atomic E-state index is 0.0937. The van der Waals surface area contributed by atoms with Crippen LogP contribution in [0.15, 0.2) is 18.2 Å². The SMILES string of the molecule is CC1(C)NC(=O)N(CC(=O)Nc2cc(F)cc(F)c2)C1=O. The van der Waals surface area contributed by atoms with Crippen LogP contribution in [0.3, 0.4) is 0 Å². The number of imide groups is 1. The Morgan fingerprint density at radius 2 is 1.81 bits per heavy atom. The lowest BCUT2D eigenvalue weighted by atomic mass is 10.1. The van der Waals surface area contributed by atoms with Gasteiger partial charge < -0.3 is 10.6 Å². The van der Waals surface area contributed by atoms with E-state index in [-0.39, 0.29) is 5.69 Å². The van der Waals surface area contributed by atoms with E-state index in [1.165, 1.54) is 13.8 Å². The van der Waals surface area contributed by atoms with E-state index in [0.717, 1.165) is 17.0 Å². The number of rotatable bonds is 3. The lowest BCUT2D eigenvalue weighted by Crippen LogP contribution is -2.41. The molecule has 21 heavy (non-hydrogen) atoms. The van der Waals surface area contributed by atoms with Crippen molar-refractivity contribution in [1.82, 2.24) is 10.2 Å². The van der Waals surface area contributed by atoms with Crippen molar-refractivity contribution in [2.24, 2.45) is 0 Å². The van der Waals surface area contributed by atoms with Gasteiger partial charge in [-0.3, -0.25) is 14.5 Å². The first-order chi connectivity index (χ1) is 9.69. The summed E-state index contributed by atoms with van der Waals surface area (Å²) in [6.07, 6.45) is 0. The largest absolute Gasteiger partial charge is 0.325 e. The molecule has 112 valence electrons. The first-order valence-electron chi connectivity index (χ1n) is 6.09. The number of amides is 4. The number of carbonyl (C=O) groups excluding carboxylic acids is 3. The van der Waals surface area contributed by atoms with Crippen molar-refractivity contribution in [3.05, 3.63) is 29.8 Å².